The Morgan fingerprint density at radius 2 is 1.39 bits per heavy atom. The molecule has 0 aliphatic carbocycles. The molecule has 0 bridgehead atoms. The van der Waals surface area contributed by atoms with Crippen LogP contribution < -0.4 is 4.90 Å². The summed E-state index contributed by atoms with van der Waals surface area (Å²) >= 11 is 0. The van der Waals surface area contributed by atoms with Gasteiger partial charge in [-0.2, -0.15) is 0 Å². The van der Waals surface area contributed by atoms with Crippen LogP contribution in [0.1, 0.15) is 17.5 Å². The van der Waals surface area contributed by atoms with Gasteiger partial charge >= 0.3 is 0 Å². The van der Waals surface area contributed by atoms with Gasteiger partial charge in [0.2, 0.25) is 11.8 Å². The normalized spacial score (nSPS) is 15.7. The zero-order chi connectivity index (χ0) is 21.0. The molecule has 5 nitrogen and oxygen atoms in total. The molecule has 5 rings (SSSR count). The fraction of sp³-hybridized carbons (Fsp3) is 0.200. The van der Waals surface area contributed by atoms with Crippen molar-refractivity contribution >= 4 is 5.69 Å². The van der Waals surface area contributed by atoms with Crippen molar-refractivity contribution in [1.82, 2.24) is 15.1 Å². The summed E-state index contributed by atoms with van der Waals surface area (Å²) in [5.41, 5.74) is 3.05. The molecule has 3 aromatic carbocycles. The van der Waals surface area contributed by atoms with Crippen LogP contribution in [0.3, 0.4) is 0 Å². The van der Waals surface area contributed by atoms with Gasteiger partial charge in [-0.25, -0.2) is 4.39 Å². The highest BCUT2D eigenvalue weighted by molar-refractivity contribution is 5.52. The molecule has 31 heavy (non-hydrogen) atoms. The molecule has 0 N–H and O–H groups in total. The number of aromatic nitrogens is 2. The molecule has 0 radical (unpaired) electrons. The van der Waals surface area contributed by atoms with Crippen molar-refractivity contribution in [3.8, 4) is 11.5 Å². The van der Waals surface area contributed by atoms with E-state index in [9.17, 15) is 4.39 Å². The third-order valence-electron chi connectivity index (χ3n) is 5.68. The highest BCUT2D eigenvalue weighted by atomic mass is 19.1. The molecular formula is C25H23FN4O. The Morgan fingerprint density at radius 3 is 2.06 bits per heavy atom. The van der Waals surface area contributed by atoms with Crippen molar-refractivity contribution in [2.75, 3.05) is 31.1 Å². The largest absolute Gasteiger partial charge is 0.419 e. The molecule has 156 valence electrons. The molecule has 1 aliphatic heterocycles. The van der Waals surface area contributed by atoms with Crippen LogP contribution in [0.5, 0.6) is 0 Å². The van der Waals surface area contributed by atoms with E-state index in [-0.39, 0.29) is 11.9 Å². The van der Waals surface area contributed by atoms with E-state index >= 15 is 0 Å². The molecule has 6 heteroatoms. The van der Waals surface area contributed by atoms with Crippen molar-refractivity contribution in [1.29, 1.82) is 0 Å². The molecule has 0 spiro atoms. The maximum absolute atomic E-state index is 13.6. The minimum Gasteiger partial charge on any atom is -0.419 e. The van der Waals surface area contributed by atoms with Gasteiger partial charge in [0.15, 0.2) is 0 Å². The molecule has 1 fully saturated rings. The van der Waals surface area contributed by atoms with Crippen molar-refractivity contribution in [2.45, 2.75) is 6.04 Å². The van der Waals surface area contributed by atoms with Crippen LogP contribution >= 0.6 is 0 Å². The van der Waals surface area contributed by atoms with Crippen molar-refractivity contribution in [3.63, 3.8) is 0 Å². The molecule has 0 saturated carbocycles. The summed E-state index contributed by atoms with van der Waals surface area (Å²) in [5, 5.41) is 8.66. The van der Waals surface area contributed by atoms with E-state index in [2.05, 4.69) is 44.3 Å². The predicted octanol–water partition coefficient (Wildman–Crippen LogP) is 4.79. The van der Waals surface area contributed by atoms with Gasteiger partial charge in [0.25, 0.3) is 0 Å². The Kier molecular flexibility index (Phi) is 5.46. The third kappa shape index (κ3) is 4.20. The SMILES string of the molecule is Fc1ccc([C@H](c2nnc(-c3ccccc3)o2)N2CCN(c3ccccc3)CC2)cc1. The van der Waals surface area contributed by atoms with Crippen molar-refractivity contribution < 1.29 is 8.81 Å². The van der Waals surface area contributed by atoms with E-state index < -0.39 is 0 Å². The van der Waals surface area contributed by atoms with E-state index in [4.69, 9.17) is 4.42 Å². The van der Waals surface area contributed by atoms with Gasteiger partial charge in [0.1, 0.15) is 11.9 Å². The van der Waals surface area contributed by atoms with Gasteiger partial charge in [0.05, 0.1) is 0 Å². The van der Waals surface area contributed by atoms with Crippen LogP contribution in [-0.2, 0) is 0 Å². The average Bonchev–Trinajstić information content (AvgIpc) is 3.32. The summed E-state index contributed by atoms with van der Waals surface area (Å²) < 4.78 is 19.7. The second-order valence-corrected chi connectivity index (χ2v) is 7.62. The summed E-state index contributed by atoms with van der Waals surface area (Å²) in [4.78, 5) is 4.70. The van der Waals surface area contributed by atoms with Gasteiger partial charge in [0, 0.05) is 37.4 Å². The van der Waals surface area contributed by atoms with Crippen LogP contribution in [0.4, 0.5) is 10.1 Å². The molecule has 1 atom stereocenters. The number of halogens is 1. The van der Waals surface area contributed by atoms with Crippen molar-refractivity contribution in [3.05, 3.63) is 102 Å². The first-order valence-electron chi connectivity index (χ1n) is 10.5. The van der Waals surface area contributed by atoms with Gasteiger partial charge in [-0.15, -0.1) is 10.2 Å². The zero-order valence-electron chi connectivity index (χ0n) is 17.1. The molecule has 1 aromatic heterocycles. The quantitative estimate of drug-likeness (QED) is 0.470. The first-order chi connectivity index (χ1) is 15.3. The van der Waals surface area contributed by atoms with E-state index in [1.54, 1.807) is 12.1 Å². The lowest BCUT2D eigenvalue weighted by Gasteiger charge is -2.39. The maximum atomic E-state index is 13.6. The average molecular weight is 414 g/mol. The molecule has 2 heterocycles. The fourth-order valence-corrected chi connectivity index (χ4v) is 4.07. The minimum absolute atomic E-state index is 0.219. The maximum Gasteiger partial charge on any atom is 0.247 e. The number of anilines is 1. The number of rotatable bonds is 5. The van der Waals surface area contributed by atoms with Gasteiger partial charge < -0.3 is 9.32 Å². The van der Waals surface area contributed by atoms with Crippen molar-refractivity contribution in [2.24, 2.45) is 0 Å². The number of piperazine rings is 1. The second-order valence-electron chi connectivity index (χ2n) is 7.62. The lowest BCUT2D eigenvalue weighted by Crippen LogP contribution is -2.48. The van der Waals surface area contributed by atoms with Gasteiger partial charge in [-0.3, -0.25) is 4.90 Å². The first kappa shape index (κ1) is 19.5. The summed E-state index contributed by atoms with van der Waals surface area (Å²) in [6.07, 6.45) is 0. The summed E-state index contributed by atoms with van der Waals surface area (Å²) in [5.74, 6) is 0.760. The Morgan fingerprint density at radius 1 is 0.742 bits per heavy atom. The number of nitrogens with zero attached hydrogens (tertiary/aromatic N) is 4. The topological polar surface area (TPSA) is 45.4 Å². The summed E-state index contributed by atoms with van der Waals surface area (Å²) in [6, 6.07) is 26.5. The minimum atomic E-state index is -0.257. The predicted molar refractivity (Wildman–Crippen MR) is 118 cm³/mol. The highest BCUT2D eigenvalue weighted by Crippen LogP contribution is 2.31. The Hall–Kier alpha value is -3.51. The first-order valence-corrected chi connectivity index (χ1v) is 10.5. The number of hydrogen-bond acceptors (Lipinski definition) is 5. The van der Waals surface area contributed by atoms with Crippen LogP contribution in [0.2, 0.25) is 0 Å². The fourth-order valence-electron chi connectivity index (χ4n) is 4.07. The van der Waals surface area contributed by atoms with Gasteiger partial charge in [-0.1, -0.05) is 48.5 Å². The Bertz CT molecular complexity index is 1110. The summed E-state index contributed by atoms with van der Waals surface area (Å²) in [6.45, 7) is 3.45. The second kappa shape index (κ2) is 8.70. The third-order valence-corrected chi connectivity index (χ3v) is 5.68. The lowest BCUT2D eigenvalue weighted by molar-refractivity contribution is 0.188. The Balaban J connectivity index is 1.42. The molecule has 0 unspecified atom stereocenters. The van der Waals surface area contributed by atoms with Crippen LogP contribution in [0.15, 0.2) is 89.3 Å². The van der Waals surface area contributed by atoms with Crippen LogP contribution in [0.25, 0.3) is 11.5 Å². The standard InChI is InChI=1S/C25H23FN4O/c26-21-13-11-19(12-14-21)23(25-28-27-24(31-25)20-7-3-1-4-8-20)30-17-15-29(16-18-30)22-9-5-2-6-10-22/h1-14,23H,15-18H2/t23-/m1/s1. The Labute approximate surface area is 180 Å². The zero-order valence-corrected chi connectivity index (χ0v) is 17.1. The number of hydrogen-bond donors (Lipinski definition) is 0. The van der Waals surface area contributed by atoms with E-state index in [1.165, 1.54) is 17.8 Å². The smallest absolute Gasteiger partial charge is 0.247 e. The molecule has 1 saturated heterocycles. The van der Waals surface area contributed by atoms with Crippen LogP contribution in [0, 0.1) is 5.82 Å². The molecule has 0 amide bonds. The monoisotopic (exact) mass is 414 g/mol. The molecular weight excluding hydrogens is 391 g/mol. The highest BCUT2D eigenvalue weighted by Gasteiger charge is 2.30. The molecule has 1 aliphatic rings. The number of benzene rings is 3. The van der Waals surface area contributed by atoms with E-state index in [0.717, 1.165) is 37.3 Å². The lowest BCUT2D eigenvalue weighted by atomic mass is 10.0. The summed E-state index contributed by atoms with van der Waals surface area (Å²) in [7, 11) is 0. The number of para-hydroxylation sites is 1. The van der Waals surface area contributed by atoms with E-state index in [0.29, 0.717) is 11.8 Å². The molecule has 4 aromatic rings. The van der Waals surface area contributed by atoms with Crippen LogP contribution in [-0.4, -0.2) is 41.3 Å². The van der Waals surface area contributed by atoms with E-state index in [1.807, 2.05) is 36.4 Å². The van der Waals surface area contributed by atoms with Gasteiger partial charge in [-0.05, 0) is 42.0 Å².